The quantitative estimate of drug-likeness (QED) is 0.385. The predicted octanol–water partition coefficient (Wildman–Crippen LogP) is 4.39. The largest absolute Gasteiger partial charge is 0.473 e. The first-order valence-electron chi connectivity index (χ1n) is 12.4. The third-order valence-electron chi connectivity index (χ3n) is 7.44. The number of fused-ring (bicyclic) bond motifs is 2. The number of aromatic nitrogens is 6. The maximum Gasteiger partial charge on any atom is 0.234 e. The number of pyridine rings is 2. The summed E-state index contributed by atoms with van der Waals surface area (Å²) in [6.45, 7) is 1.23. The van der Waals surface area contributed by atoms with Gasteiger partial charge in [0.1, 0.15) is 22.2 Å². The molecule has 5 heterocycles. The van der Waals surface area contributed by atoms with Gasteiger partial charge in [-0.2, -0.15) is 15.3 Å². The van der Waals surface area contributed by atoms with Gasteiger partial charge in [0.15, 0.2) is 17.1 Å². The van der Waals surface area contributed by atoms with E-state index in [4.69, 9.17) is 21.3 Å². The molecule has 0 bridgehead atoms. The van der Waals surface area contributed by atoms with E-state index in [1.54, 1.807) is 18.5 Å². The number of nitriles is 1. The van der Waals surface area contributed by atoms with Gasteiger partial charge in [-0.1, -0.05) is 23.4 Å². The van der Waals surface area contributed by atoms with Crippen LogP contribution in [0.1, 0.15) is 47.4 Å². The zero-order chi connectivity index (χ0) is 25.9. The molecular weight excluding hydrogens is 524 g/mol. The molecule has 0 atom stereocenters. The Morgan fingerprint density at radius 2 is 2.03 bits per heavy atom. The van der Waals surface area contributed by atoms with E-state index >= 15 is 0 Å². The van der Waals surface area contributed by atoms with Gasteiger partial charge in [-0.25, -0.2) is 9.97 Å². The van der Waals surface area contributed by atoms with Gasteiger partial charge in [-0.3, -0.25) is 14.9 Å². The number of hydrogen-bond acceptors (Lipinski definition) is 10. The highest BCUT2D eigenvalue weighted by Gasteiger charge is 2.48. The third kappa shape index (κ3) is 3.87. The van der Waals surface area contributed by atoms with Crippen LogP contribution in [0.5, 0.6) is 5.88 Å². The molecule has 0 unspecified atom stereocenters. The summed E-state index contributed by atoms with van der Waals surface area (Å²) in [4.78, 5) is 33.9. The molecule has 4 aromatic rings. The number of H-pyrrole nitrogens is 1. The number of halogens is 1. The van der Waals surface area contributed by atoms with Gasteiger partial charge >= 0.3 is 0 Å². The fraction of sp³-hybridized carbons (Fsp3) is 0.346. The van der Waals surface area contributed by atoms with Crippen molar-refractivity contribution < 1.29 is 9.53 Å². The number of ether oxygens (including phenoxy) is 1. The zero-order valence-electron chi connectivity index (χ0n) is 20.1. The first-order chi connectivity index (χ1) is 18.5. The van der Waals surface area contributed by atoms with Crippen molar-refractivity contribution in [2.24, 2.45) is 5.41 Å². The minimum atomic E-state index is -0.418. The van der Waals surface area contributed by atoms with Crippen molar-refractivity contribution in [3.63, 3.8) is 0 Å². The van der Waals surface area contributed by atoms with Crippen LogP contribution in [0.15, 0.2) is 40.5 Å². The van der Waals surface area contributed by atoms with Crippen LogP contribution in [0.25, 0.3) is 11.0 Å². The molecule has 1 saturated carbocycles. The Hall–Kier alpha value is -3.75. The summed E-state index contributed by atoms with van der Waals surface area (Å²) in [6.07, 6.45) is 7.61. The monoisotopic (exact) mass is 544 g/mol. The Morgan fingerprint density at radius 1 is 1.18 bits per heavy atom. The third-order valence-corrected chi connectivity index (χ3v) is 8.96. The van der Waals surface area contributed by atoms with Crippen LogP contribution in [-0.2, 0) is 6.42 Å². The van der Waals surface area contributed by atoms with Gasteiger partial charge in [0.2, 0.25) is 11.8 Å². The smallest absolute Gasteiger partial charge is 0.234 e. The van der Waals surface area contributed by atoms with Crippen molar-refractivity contribution in [3.05, 3.63) is 52.6 Å². The van der Waals surface area contributed by atoms with Crippen molar-refractivity contribution >= 4 is 46.1 Å². The summed E-state index contributed by atoms with van der Waals surface area (Å²) < 4.78 is 5.80. The molecule has 1 saturated heterocycles. The summed E-state index contributed by atoms with van der Waals surface area (Å²) in [5, 5.41) is 18.8. The average molecular weight is 545 g/mol. The Labute approximate surface area is 226 Å². The molecule has 1 spiro atoms. The SMILES string of the molecule is N#Cc1nc(N2CCC3(CC2)Cc2ncccc2C3=O)nc2[nH]nc(Sc3ccnc(OC4CC4)c3Cl)c12. The lowest BCUT2D eigenvalue weighted by atomic mass is 9.75. The van der Waals surface area contributed by atoms with Crippen LogP contribution in [0, 0.1) is 16.7 Å². The summed E-state index contributed by atoms with van der Waals surface area (Å²) in [6, 6.07) is 7.68. The summed E-state index contributed by atoms with van der Waals surface area (Å²) >= 11 is 7.87. The van der Waals surface area contributed by atoms with Gasteiger partial charge in [0, 0.05) is 47.8 Å². The molecule has 2 aliphatic carbocycles. The topological polar surface area (TPSA) is 134 Å². The maximum atomic E-state index is 13.2. The molecule has 1 aliphatic heterocycles. The van der Waals surface area contributed by atoms with Crippen molar-refractivity contribution in [2.75, 3.05) is 18.0 Å². The molecule has 4 aromatic heterocycles. The van der Waals surface area contributed by atoms with Crippen LogP contribution in [0.3, 0.4) is 0 Å². The number of hydrogen-bond donors (Lipinski definition) is 1. The van der Waals surface area contributed by atoms with Crippen molar-refractivity contribution in [1.82, 2.24) is 30.1 Å². The molecule has 0 amide bonds. The standard InChI is InChI=1S/C26H21ClN8O2S/c27-20-18(5-9-30-23(20)37-14-3-4-14)38-24-19-17(13-28)31-25(32-22(19)33-34-24)35-10-6-26(7-11-35)12-16-15(21(26)36)2-1-8-29-16/h1-2,5,8-9,14H,3-4,6-7,10-12H2,(H,31,32,33,34). The summed E-state index contributed by atoms with van der Waals surface area (Å²) in [7, 11) is 0. The number of rotatable bonds is 5. The van der Waals surface area contributed by atoms with Crippen LogP contribution < -0.4 is 9.64 Å². The number of carbonyl (C=O) groups is 1. The second kappa shape index (κ2) is 8.92. The fourth-order valence-corrected chi connectivity index (χ4v) is 6.39. The van der Waals surface area contributed by atoms with E-state index < -0.39 is 5.41 Å². The molecule has 7 rings (SSSR count). The minimum Gasteiger partial charge on any atom is -0.473 e. The highest BCUT2D eigenvalue weighted by atomic mass is 35.5. The van der Waals surface area contributed by atoms with Crippen LogP contribution in [0.2, 0.25) is 5.02 Å². The minimum absolute atomic E-state index is 0.173. The second-order valence-corrected chi connectivity index (χ2v) is 11.3. The van der Waals surface area contributed by atoms with E-state index in [0.29, 0.717) is 65.3 Å². The molecule has 0 radical (unpaired) electrons. The van der Waals surface area contributed by atoms with Crippen molar-refractivity contribution in [2.45, 2.75) is 48.1 Å². The number of aromatic amines is 1. The first-order valence-corrected chi connectivity index (χ1v) is 13.6. The van der Waals surface area contributed by atoms with Crippen LogP contribution >= 0.6 is 23.4 Å². The summed E-state index contributed by atoms with van der Waals surface area (Å²) in [5.41, 5.74) is 1.92. The lowest BCUT2D eigenvalue weighted by Crippen LogP contribution is -2.44. The molecule has 190 valence electrons. The molecule has 1 N–H and O–H groups in total. The zero-order valence-corrected chi connectivity index (χ0v) is 21.7. The second-order valence-electron chi connectivity index (χ2n) is 9.85. The van der Waals surface area contributed by atoms with E-state index in [2.05, 4.69) is 31.2 Å². The van der Waals surface area contributed by atoms with Crippen LogP contribution in [0.4, 0.5) is 5.95 Å². The predicted molar refractivity (Wildman–Crippen MR) is 140 cm³/mol. The number of ketones is 1. The van der Waals surface area contributed by atoms with Gasteiger partial charge in [0.25, 0.3) is 0 Å². The van der Waals surface area contributed by atoms with E-state index in [9.17, 15) is 10.1 Å². The summed E-state index contributed by atoms with van der Waals surface area (Å²) in [5.74, 6) is 1.04. The maximum absolute atomic E-state index is 13.2. The molecular formula is C26H21ClN8O2S. The molecule has 38 heavy (non-hydrogen) atoms. The Morgan fingerprint density at radius 3 is 2.79 bits per heavy atom. The van der Waals surface area contributed by atoms with E-state index in [0.717, 1.165) is 29.0 Å². The molecule has 10 nitrogen and oxygen atoms in total. The lowest BCUT2D eigenvalue weighted by molar-refractivity contribution is 0.0774. The fourth-order valence-electron chi connectivity index (χ4n) is 5.22. The van der Waals surface area contributed by atoms with E-state index in [1.807, 2.05) is 17.0 Å². The van der Waals surface area contributed by atoms with Crippen LogP contribution in [-0.4, -0.2) is 55.1 Å². The van der Waals surface area contributed by atoms with E-state index in [1.165, 1.54) is 11.8 Å². The molecule has 12 heteroatoms. The average Bonchev–Trinajstić information content (AvgIpc) is 3.61. The van der Waals surface area contributed by atoms with Gasteiger partial charge in [0.05, 0.1) is 11.1 Å². The van der Waals surface area contributed by atoms with Crippen molar-refractivity contribution in [1.29, 1.82) is 5.26 Å². The highest BCUT2D eigenvalue weighted by Crippen LogP contribution is 2.45. The first kappa shape index (κ1) is 23.4. The number of anilines is 1. The molecule has 2 fully saturated rings. The lowest BCUT2D eigenvalue weighted by Gasteiger charge is -2.38. The van der Waals surface area contributed by atoms with Gasteiger partial charge < -0.3 is 9.64 Å². The highest BCUT2D eigenvalue weighted by molar-refractivity contribution is 7.99. The van der Waals surface area contributed by atoms with Gasteiger partial charge in [-0.15, -0.1) is 0 Å². The number of nitrogens with one attached hydrogen (secondary N) is 1. The van der Waals surface area contributed by atoms with Crippen molar-refractivity contribution in [3.8, 4) is 11.9 Å². The number of Topliss-reactive ketones (excluding diaryl/α,β-unsaturated/α-hetero) is 1. The number of carbonyl (C=O) groups excluding carboxylic acids is 1. The number of piperidine rings is 1. The van der Waals surface area contributed by atoms with Gasteiger partial charge in [-0.05, 0) is 43.9 Å². The normalized spacial score (nSPS) is 18.1. The Bertz CT molecular complexity index is 1640. The molecule has 0 aromatic carbocycles. The Balaban J connectivity index is 1.13. The van der Waals surface area contributed by atoms with E-state index in [-0.39, 0.29) is 17.6 Å². The molecule has 3 aliphatic rings. The number of nitrogens with zero attached hydrogens (tertiary/aromatic N) is 7. The Kier molecular flexibility index (Phi) is 5.49.